The summed E-state index contributed by atoms with van der Waals surface area (Å²) in [7, 11) is 0. The Hall–Kier alpha value is -3.96. The van der Waals surface area contributed by atoms with Gasteiger partial charge in [-0.05, 0) is 43.1 Å². The number of carbonyl (C=O) groups is 6. The van der Waals surface area contributed by atoms with Gasteiger partial charge in [-0.1, -0.05) is 97.6 Å². The Morgan fingerprint density at radius 2 is 1.44 bits per heavy atom. The summed E-state index contributed by atoms with van der Waals surface area (Å²) in [5, 5.41) is 13.4. The third-order valence-electron chi connectivity index (χ3n) is 8.49. The third-order valence-corrected chi connectivity index (χ3v) is 8.49. The van der Waals surface area contributed by atoms with E-state index in [1.165, 1.54) is 6.92 Å². The molecule has 0 bridgehead atoms. The van der Waals surface area contributed by atoms with Crippen LogP contribution in [0.25, 0.3) is 0 Å². The lowest BCUT2D eigenvalue weighted by Gasteiger charge is -2.28. The topological polar surface area (TPSA) is 172 Å². The van der Waals surface area contributed by atoms with E-state index in [-0.39, 0.29) is 43.6 Å². The Balaban J connectivity index is 2.46. The number of amides is 5. The number of benzene rings is 1. The molecule has 0 spiro atoms. The number of esters is 1. The number of nitrogens with one attached hydrogen (secondary N) is 5. The molecule has 1 heterocycles. The molecule has 1 saturated heterocycles. The maximum Gasteiger partial charge on any atom is 0.329 e. The van der Waals surface area contributed by atoms with Gasteiger partial charge in [-0.2, -0.15) is 0 Å². The minimum Gasteiger partial charge on any atom is -0.460 e. The van der Waals surface area contributed by atoms with E-state index in [9.17, 15) is 28.8 Å². The fourth-order valence-corrected chi connectivity index (χ4v) is 5.55. The zero-order chi connectivity index (χ0) is 35.8. The van der Waals surface area contributed by atoms with E-state index in [2.05, 4.69) is 33.5 Å². The van der Waals surface area contributed by atoms with Crippen molar-refractivity contribution in [3.05, 3.63) is 35.9 Å². The highest BCUT2D eigenvalue weighted by atomic mass is 16.5. The molecule has 48 heavy (non-hydrogen) atoms. The Kier molecular flexibility index (Phi) is 17.1. The fraction of sp³-hybridized carbons (Fsp3) is 0.667. The van der Waals surface area contributed by atoms with Gasteiger partial charge in [0, 0.05) is 6.42 Å². The number of cyclic esters (lactones) is 1. The van der Waals surface area contributed by atoms with E-state index in [4.69, 9.17) is 4.74 Å². The minimum atomic E-state index is -1.11. The number of unbranched alkanes of at least 4 members (excludes halogenated alkanes) is 3. The molecule has 6 atom stereocenters. The monoisotopic (exact) mass is 671 g/mol. The van der Waals surface area contributed by atoms with Crippen LogP contribution in [0.5, 0.6) is 0 Å². The molecule has 2 rings (SSSR count). The lowest BCUT2D eigenvalue weighted by Crippen LogP contribution is -2.58. The highest BCUT2D eigenvalue weighted by Gasteiger charge is 2.34. The Morgan fingerprint density at radius 1 is 0.771 bits per heavy atom. The molecule has 1 fully saturated rings. The molecule has 5 amide bonds. The van der Waals surface area contributed by atoms with E-state index >= 15 is 0 Å². The van der Waals surface area contributed by atoms with E-state index in [0.717, 1.165) is 31.2 Å². The van der Waals surface area contributed by atoms with E-state index in [1.54, 1.807) is 13.8 Å². The Morgan fingerprint density at radius 3 is 2.06 bits per heavy atom. The molecule has 1 aliphatic rings. The maximum atomic E-state index is 13.8. The van der Waals surface area contributed by atoms with Gasteiger partial charge in [0.15, 0.2) is 0 Å². The van der Waals surface area contributed by atoms with Crippen molar-refractivity contribution in [2.75, 3.05) is 6.54 Å². The van der Waals surface area contributed by atoms with Crippen LogP contribution in [0, 0.1) is 17.8 Å². The first-order chi connectivity index (χ1) is 22.7. The molecule has 5 N–H and O–H groups in total. The minimum absolute atomic E-state index is 0.0149. The van der Waals surface area contributed by atoms with Crippen molar-refractivity contribution >= 4 is 35.5 Å². The summed E-state index contributed by atoms with van der Waals surface area (Å²) < 4.78 is 5.99. The van der Waals surface area contributed by atoms with Crippen molar-refractivity contribution in [2.24, 2.45) is 17.8 Å². The van der Waals surface area contributed by atoms with Gasteiger partial charge in [0.25, 0.3) is 0 Å². The average molecular weight is 672 g/mol. The fourth-order valence-electron chi connectivity index (χ4n) is 5.55. The van der Waals surface area contributed by atoms with Gasteiger partial charge in [-0.25, -0.2) is 4.79 Å². The highest BCUT2D eigenvalue weighted by Crippen LogP contribution is 2.21. The maximum absolute atomic E-state index is 13.8. The quantitative estimate of drug-likeness (QED) is 0.178. The molecule has 0 aromatic heterocycles. The van der Waals surface area contributed by atoms with E-state index < -0.39 is 65.8 Å². The molecule has 1 aromatic rings. The first-order valence-corrected chi connectivity index (χ1v) is 17.4. The molecule has 0 aliphatic carbocycles. The van der Waals surface area contributed by atoms with Crippen LogP contribution >= 0.6 is 0 Å². The van der Waals surface area contributed by atoms with Crippen molar-refractivity contribution in [1.82, 2.24) is 26.6 Å². The van der Waals surface area contributed by atoms with Crippen molar-refractivity contribution in [2.45, 2.75) is 130 Å². The van der Waals surface area contributed by atoms with Gasteiger partial charge in [0.05, 0.1) is 13.0 Å². The second-order valence-corrected chi connectivity index (χ2v) is 13.7. The molecule has 0 saturated carbocycles. The van der Waals surface area contributed by atoms with E-state index in [1.807, 2.05) is 51.1 Å². The molecule has 12 nitrogen and oxygen atoms in total. The van der Waals surface area contributed by atoms with Crippen LogP contribution in [-0.2, 0) is 39.9 Å². The van der Waals surface area contributed by atoms with E-state index in [0.29, 0.717) is 6.42 Å². The first kappa shape index (κ1) is 40.2. The molecule has 12 heteroatoms. The molecule has 0 unspecified atom stereocenters. The van der Waals surface area contributed by atoms with Crippen LogP contribution in [0.3, 0.4) is 0 Å². The average Bonchev–Trinajstić information content (AvgIpc) is 3.03. The predicted octanol–water partition coefficient (Wildman–Crippen LogP) is 2.93. The van der Waals surface area contributed by atoms with Crippen molar-refractivity contribution < 1.29 is 33.5 Å². The molecular formula is C36H57N5O7. The van der Waals surface area contributed by atoms with Gasteiger partial charge in [-0.3, -0.25) is 24.0 Å². The third kappa shape index (κ3) is 14.0. The highest BCUT2D eigenvalue weighted by molar-refractivity contribution is 5.95. The largest absolute Gasteiger partial charge is 0.460 e. The Labute approximate surface area is 285 Å². The van der Waals surface area contributed by atoms with Gasteiger partial charge >= 0.3 is 5.97 Å². The summed E-state index contributed by atoms with van der Waals surface area (Å²) in [6.07, 6.45) is 4.15. The van der Waals surface area contributed by atoms with Gasteiger partial charge in [0.2, 0.25) is 29.5 Å². The molecule has 1 aromatic carbocycles. The molecular weight excluding hydrogens is 614 g/mol. The van der Waals surface area contributed by atoms with Crippen LogP contribution in [0.15, 0.2) is 30.3 Å². The first-order valence-electron chi connectivity index (χ1n) is 17.4. The summed E-state index contributed by atoms with van der Waals surface area (Å²) in [5.74, 6) is -4.00. The molecule has 1 aliphatic heterocycles. The van der Waals surface area contributed by atoms with Crippen LogP contribution in [-0.4, -0.2) is 72.3 Å². The SMILES string of the molecule is CCCCCC[C@H](C)[C@@H]1CC(=O)NCC(=O)N[C@@H](C(C)C)C(=O)N[C@H](CC(C)C)C(=O)N[C@@H](C)C(=O)N[C@@H](Cc2ccccc2)C(=O)O1. The second kappa shape index (κ2) is 20.4. The Bertz CT molecular complexity index is 1220. The zero-order valence-electron chi connectivity index (χ0n) is 29.7. The number of hydrogen-bond acceptors (Lipinski definition) is 7. The predicted molar refractivity (Wildman–Crippen MR) is 183 cm³/mol. The van der Waals surface area contributed by atoms with Crippen LogP contribution in [0.2, 0.25) is 0 Å². The van der Waals surface area contributed by atoms with Gasteiger partial charge < -0.3 is 31.3 Å². The standard InChI is InChI=1S/C36H57N5O7/c1-8-9-10-12-15-24(6)29-20-30(42)37-21-31(43)41-32(23(4)5)35(46)39-27(18-22(2)3)34(45)38-25(7)33(44)40-28(36(47)48-29)19-26-16-13-11-14-17-26/h11,13-14,16-17,22-25,27-29,32H,8-10,12,15,18-21H2,1-7H3,(H,37,42)(H,38,45)(H,39,46)(H,40,44)(H,41,43)/t24-,25-,27+,28-,29-,32-/m0/s1. The summed E-state index contributed by atoms with van der Waals surface area (Å²) >= 11 is 0. The van der Waals surface area contributed by atoms with Gasteiger partial charge in [-0.15, -0.1) is 0 Å². The number of hydrogen-bond donors (Lipinski definition) is 5. The number of ether oxygens (including phenoxy) is 1. The van der Waals surface area contributed by atoms with Crippen molar-refractivity contribution in [1.29, 1.82) is 0 Å². The van der Waals surface area contributed by atoms with Crippen molar-refractivity contribution in [3.8, 4) is 0 Å². The second-order valence-electron chi connectivity index (χ2n) is 13.7. The van der Waals surface area contributed by atoms with Crippen LogP contribution < -0.4 is 26.6 Å². The summed E-state index contributed by atoms with van der Waals surface area (Å²) in [6.45, 7) is 12.5. The lowest BCUT2D eigenvalue weighted by atomic mass is 9.94. The summed E-state index contributed by atoms with van der Waals surface area (Å²) in [4.78, 5) is 80.0. The number of rotatable bonds is 11. The van der Waals surface area contributed by atoms with Gasteiger partial charge in [0.1, 0.15) is 30.3 Å². The molecule has 0 radical (unpaired) electrons. The van der Waals surface area contributed by atoms with Crippen LogP contribution in [0.1, 0.15) is 99.0 Å². The molecule has 268 valence electrons. The summed E-state index contributed by atoms with van der Waals surface area (Å²) in [5.41, 5.74) is 0.780. The van der Waals surface area contributed by atoms with Crippen LogP contribution in [0.4, 0.5) is 0 Å². The lowest BCUT2D eigenvalue weighted by molar-refractivity contribution is -0.157. The summed E-state index contributed by atoms with van der Waals surface area (Å²) in [6, 6.07) is 5.01. The smallest absolute Gasteiger partial charge is 0.329 e. The normalized spacial score (nSPS) is 24.6. The zero-order valence-corrected chi connectivity index (χ0v) is 29.7. The number of carbonyl (C=O) groups excluding carboxylic acids is 6. The van der Waals surface area contributed by atoms with Crippen molar-refractivity contribution in [3.63, 3.8) is 0 Å².